The van der Waals surface area contributed by atoms with Gasteiger partial charge in [0.2, 0.25) is 11.8 Å². The summed E-state index contributed by atoms with van der Waals surface area (Å²) < 4.78 is 1.78. The van der Waals surface area contributed by atoms with E-state index in [4.69, 9.17) is 0 Å². The third-order valence-electron chi connectivity index (χ3n) is 4.60. The number of likely N-dealkylation sites (N-methyl/N-ethyl adjacent to an activating group) is 1. The Labute approximate surface area is 153 Å². The first-order valence-corrected chi connectivity index (χ1v) is 8.82. The zero-order chi connectivity index (χ0) is 18.5. The number of nitrogens with one attached hydrogen (secondary N) is 1. The van der Waals surface area contributed by atoms with E-state index in [0.717, 1.165) is 17.8 Å². The Morgan fingerprint density at radius 3 is 2.85 bits per heavy atom. The topological polar surface area (TPSA) is 70.5 Å². The average Bonchev–Trinajstić information content (AvgIpc) is 3.28. The van der Waals surface area contributed by atoms with Crippen LogP contribution in [0.2, 0.25) is 0 Å². The summed E-state index contributed by atoms with van der Waals surface area (Å²) in [6, 6.07) is 9.69. The molecule has 1 saturated heterocycles. The highest BCUT2D eigenvalue weighted by atomic mass is 16.2. The molecule has 1 aliphatic heterocycles. The smallest absolute Gasteiger partial charge is 0.225 e. The van der Waals surface area contributed by atoms with Crippen LogP contribution in [-0.4, -0.2) is 65.1 Å². The lowest BCUT2D eigenvalue weighted by Gasteiger charge is -2.19. The van der Waals surface area contributed by atoms with E-state index in [0.29, 0.717) is 26.1 Å². The largest absolute Gasteiger partial charge is 0.352 e. The summed E-state index contributed by atoms with van der Waals surface area (Å²) in [5.74, 6) is -0.286. The summed E-state index contributed by atoms with van der Waals surface area (Å²) in [5.41, 5.74) is 1.92. The molecule has 1 atom stereocenters. The molecule has 7 nitrogen and oxygen atoms in total. The minimum Gasteiger partial charge on any atom is -0.352 e. The molecule has 3 rings (SSSR count). The highest BCUT2D eigenvalue weighted by Gasteiger charge is 2.33. The standard InChI is InChI=1S/C19H25N5O2/c1-22(2)10-11-23-14-16(12-18(23)25)19(26)20-13-15-6-3-4-7-17(15)24-9-5-8-21-24/h3-9,16H,10-14H2,1-2H3,(H,20,26)/t16-/m1/s1. The van der Waals surface area contributed by atoms with Crippen molar-refractivity contribution in [2.45, 2.75) is 13.0 Å². The zero-order valence-electron chi connectivity index (χ0n) is 15.3. The molecule has 0 saturated carbocycles. The monoisotopic (exact) mass is 355 g/mol. The molecule has 0 bridgehead atoms. The van der Waals surface area contributed by atoms with Crippen LogP contribution >= 0.6 is 0 Å². The van der Waals surface area contributed by atoms with E-state index in [-0.39, 0.29) is 17.7 Å². The Hall–Kier alpha value is -2.67. The molecule has 2 heterocycles. The number of carbonyl (C=O) groups excluding carboxylic acids is 2. The second kappa shape index (κ2) is 8.14. The van der Waals surface area contributed by atoms with E-state index >= 15 is 0 Å². The summed E-state index contributed by atoms with van der Waals surface area (Å²) >= 11 is 0. The van der Waals surface area contributed by atoms with Gasteiger partial charge in [0.15, 0.2) is 0 Å². The van der Waals surface area contributed by atoms with Crippen LogP contribution in [-0.2, 0) is 16.1 Å². The van der Waals surface area contributed by atoms with Crippen molar-refractivity contribution in [1.82, 2.24) is 24.9 Å². The number of amides is 2. The van der Waals surface area contributed by atoms with Gasteiger partial charge in [-0.2, -0.15) is 5.10 Å². The number of benzene rings is 1. The van der Waals surface area contributed by atoms with Crippen molar-refractivity contribution in [2.24, 2.45) is 5.92 Å². The van der Waals surface area contributed by atoms with Gasteiger partial charge < -0.3 is 15.1 Å². The van der Waals surface area contributed by atoms with Crippen molar-refractivity contribution in [3.8, 4) is 5.69 Å². The van der Waals surface area contributed by atoms with Crippen molar-refractivity contribution in [2.75, 3.05) is 33.7 Å². The molecule has 2 amide bonds. The van der Waals surface area contributed by atoms with Gasteiger partial charge in [0, 0.05) is 45.0 Å². The number of rotatable bonds is 7. The lowest BCUT2D eigenvalue weighted by atomic mass is 10.1. The Balaban J connectivity index is 1.58. The van der Waals surface area contributed by atoms with Crippen LogP contribution in [0, 0.1) is 5.92 Å². The number of likely N-dealkylation sites (tertiary alicyclic amines) is 1. The molecule has 0 aliphatic carbocycles. The van der Waals surface area contributed by atoms with Crippen LogP contribution in [0.5, 0.6) is 0 Å². The Bertz CT molecular complexity index is 757. The summed E-state index contributed by atoms with van der Waals surface area (Å²) in [6.45, 7) is 2.38. The van der Waals surface area contributed by atoms with Crippen molar-refractivity contribution in [3.63, 3.8) is 0 Å². The maximum absolute atomic E-state index is 12.5. The van der Waals surface area contributed by atoms with Gasteiger partial charge in [-0.3, -0.25) is 9.59 Å². The van der Waals surface area contributed by atoms with Gasteiger partial charge in [-0.05, 0) is 31.8 Å². The predicted molar refractivity (Wildman–Crippen MR) is 98.7 cm³/mol. The minimum absolute atomic E-state index is 0.0592. The molecule has 1 fully saturated rings. The first kappa shape index (κ1) is 18.1. The van der Waals surface area contributed by atoms with E-state index in [1.165, 1.54) is 0 Å². The number of para-hydroxylation sites is 1. The van der Waals surface area contributed by atoms with Crippen LogP contribution in [0.15, 0.2) is 42.7 Å². The van der Waals surface area contributed by atoms with E-state index in [1.54, 1.807) is 15.8 Å². The van der Waals surface area contributed by atoms with Crippen molar-refractivity contribution >= 4 is 11.8 Å². The molecule has 138 valence electrons. The number of aromatic nitrogens is 2. The summed E-state index contributed by atoms with van der Waals surface area (Å²) in [7, 11) is 3.95. The Kier molecular flexibility index (Phi) is 5.68. The summed E-state index contributed by atoms with van der Waals surface area (Å²) in [4.78, 5) is 28.4. The van der Waals surface area contributed by atoms with Gasteiger partial charge >= 0.3 is 0 Å². The fourth-order valence-corrected chi connectivity index (χ4v) is 3.11. The fourth-order valence-electron chi connectivity index (χ4n) is 3.11. The number of carbonyl (C=O) groups is 2. The first-order chi connectivity index (χ1) is 12.5. The molecule has 7 heteroatoms. The first-order valence-electron chi connectivity index (χ1n) is 8.82. The van der Waals surface area contributed by atoms with Crippen LogP contribution in [0.25, 0.3) is 5.69 Å². The Morgan fingerprint density at radius 1 is 1.31 bits per heavy atom. The van der Waals surface area contributed by atoms with Crippen LogP contribution in [0.1, 0.15) is 12.0 Å². The van der Waals surface area contributed by atoms with Crippen LogP contribution in [0.4, 0.5) is 0 Å². The fraction of sp³-hybridized carbons (Fsp3) is 0.421. The second-order valence-corrected chi connectivity index (χ2v) is 6.84. The molecule has 0 spiro atoms. The average molecular weight is 355 g/mol. The minimum atomic E-state index is -0.276. The van der Waals surface area contributed by atoms with Gasteiger partial charge in [-0.25, -0.2) is 4.68 Å². The van der Waals surface area contributed by atoms with E-state index in [2.05, 4.69) is 10.4 Å². The van der Waals surface area contributed by atoms with Gasteiger partial charge in [-0.1, -0.05) is 18.2 Å². The predicted octanol–water partition coefficient (Wildman–Crippen LogP) is 0.899. The molecule has 1 N–H and O–H groups in total. The number of nitrogens with zero attached hydrogens (tertiary/aromatic N) is 4. The third kappa shape index (κ3) is 4.29. The molecule has 0 radical (unpaired) electrons. The molecule has 26 heavy (non-hydrogen) atoms. The SMILES string of the molecule is CN(C)CCN1C[C@H](C(=O)NCc2ccccc2-n2cccn2)CC1=O. The summed E-state index contributed by atoms with van der Waals surface area (Å²) in [6.07, 6.45) is 3.89. The number of hydrogen-bond acceptors (Lipinski definition) is 4. The van der Waals surface area contributed by atoms with Crippen molar-refractivity contribution in [3.05, 3.63) is 48.3 Å². The molecule has 1 aromatic carbocycles. The normalized spacial score (nSPS) is 17.1. The molecular formula is C19H25N5O2. The lowest BCUT2D eigenvalue weighted by molar-refractivity contribution is -0.129. The van der Waals surface area contributed by atoms with E-state index < -0.39 is 0 Å². The molecular weight excluding hydrogens is 330 g/mol. The lowest BCUT2D eigenvalue weighted by Crippen LogP contribution is -2.35. The van der Waals surface area contributed by atoms with Crippen LogP contribution < -0.4 is 5.32 Å². The third-order valence-corrected chi connectivity index (χ3v) is 4.60. The van der Waals surface area contributed by atoms with E-state index in [1.807, 2.05) is 55.5 Å². The van der Waals surface area contributed by atoms with Gasteiger partial charge in [-0.15, -0.1) is 0 Å². The second-order valence-electron chi connectivity index (χ2n) is 6.84. The highest BCUT2D eigenvalue weighted by molar-refractivity contribution is 5.89. The Morgan fingerprint density at radius 2 is 2.12 bits per heavy atom. The van der Waals surface area contributed by atoms with Crippen molar-refractivity contribution in [1.29, 1.82) is 0 Å². The number of hydrogen-bond donors (Lipinski definition) is 1. The zero-order valence-corrected chi connectivity index (χ0v) is 15.3. The quantitative estimate of drug-likeness (QED) is 0.801. The highest BCUT2D eigenvalue weighted by Crippen LogP contribution is 2.18. The molecule has 2 aromatic rings. The van der Waals surface area contributed by atoms with Gasteiger partial charge in [0.1, 0.15) is 0 Å². The maximum atomic E-state index is 12.5. The van der Waals surface area contributed by atoms with Crippen LogP contribution in [0.3, 0.4) is 0 Å². The molecule has 1 aromatic heterocycles. The van der Waals surface area contributed by atoms with Gasteiger partial charge in [0.25, 0.3) is 0 Å². The summed E-state index contributed by atoms with van der Waals surface area (Å²) in [5, 5.41) is 7.23. The molecule has 0 unspecified atom stereocenters. The molecule has 1 aliphatic rings. The van der Waals surface area contributed by atoms with Gasteiger partial charge in [0.05, 0.1) is 11.6 Å². The van der Waals surface area contributed by atoms with Crippen molar-refractivity contribution < 1.29 is 9.59 Å². The maximum Gasteiger partial charge on any atom is 0.225 e. The van der Waals surface area contributed by atoms with E-state index in [9.17, 15) is 9.59 Å².